The van der Waals surface area contributed by atoms with Crippen LogP contribution in [0.3, 0.4) is 0 Å². The fraction of sp³-hybridized carbons (Fsp3) is 0.118. The number of phenolic OH excluding ortho intramolecular Hbond substituents is 1. The van der Waals surface area contributed by atoms with E-state index >= 15 is 0 Å². The lowest BCUT2D eigenvalue weighted by atomic mass is 10.2. The maximum Gasteiger partial charge on any atom is 0.281 e. The summed E-state index contributed by atoms with van der Waals surface area (Å²) in [6, 6.07) is 7.35. The van der Waals surface area contributed by atoms with E-state index in [1.807, 2.05) is 0 Å². The highest BCUT2D eigenvalue weighted by atomic mass is 32.2. The first-order valence-electron chi connectivity index (χ1n) is 7.57. The molecule has 0 radical (unpaired) electrons. The molecule has 0 spiro atoms. The minimum absolute atomic E-state index is 0.182. The second-order valence-corrected chi connectivity index (χ2v) is 6.50. The number of H-pyrrole nitrogens is 1. The lowest BCUT2D eigenvalue weighted by Crippen LogP contribution is -2.24. The Kier molecular flexibility index (Phi) is 3.89. The second-order valence-electron chi connectivity index (χ2n) is 5.43. The molecule has 6 nitrogen and oxygen atoms in total. The molecule has 1 saturated heterocycles. The third-order valence-corrected chi connectivity index (χ3v) is 4.84. The number of amides is 1. The van der Waals surface area contributed by atoms with Crippen LogP contribution in [-0.4, -0.2) is 38.4 Å². The zero-order valence-corrected chi connectivity index (χ0v) is 13.8. The number of benzene rings is 1. The smallest absolute Gasteiger partial charge is 0.281 e. The number of carbonyl (C=O) groups is 1. The quantitative estimate of drug-likeness (QED) is 0.737. The predicted octanol–water partition coefficient (Wildman–Crippen LogP) is 3.16. The van der Waals surface area contributed by atoms with Crippen molar-refractivity contribution in [3.8, 4) is 5.75 Å². The number of hydrogen-bond donors (Lipinski definition) is 2. The Morgan fingerprint density at radius 2 is 2.28 bits per heavy atom. The molecule has 1 aliphatic rings. The molecule has 0 bridgehead atoms. The van der Waals surface area contributed by atoms with E-state index in [1.54, 1.807) is 29.4 Å². The minimum Gasteiger partial charge on any atom is -0.506 e. The first-order valence-corrected chi connectivity index (χ1v) is 8.56. The number of phenols is 1. The third kappa shape index (κ3) is 2.85. The van der Waals surface area contributed by atoms with Gasteiger partial charge in [-0.05, 0) is 24.3 Å². The van der Waals surface area contributed by atoms with Crippen molar-refractivity contribution in [3.05, 3.63) is 54.1 Å². The largest absolute Gasteiger partial charge is 0.506 e. The van der Waals surface area contributed by atoms with Crippen LogP contribution < -0.4 is 4.90 Å². The maximum atomic E-state index is 13.2. The summed E-state index contributed by atoms with van der Waals surface area (Å²) >= 11 is 1.41. The summed E-state index contributed by atoms with van der Waals surface area (Å²) in [7, 11) is 0. The molecule has 1 amide bonds. The molecule has 2 aromatic heterocycles. The third-order valence-electron chi connectivity index (χ3n) is 3.88. The van der Waals surface area contributed by atoms with Crippen LogP contribution in [-0.2, 0) is 0 Å². The Bertz CT molecular complexity index is 1000. The SMILES string of the molecule is O=C(N=C1SCCN1c1ccc(F)cc1O)c1c[nH]c2ncccc12. The van der Waals surface area contributed by atoms with Gasteiger partial charge in [0.05, 0.1) is 11.3 Å². The number of hydrogen-bond acceptors (Lipinski definition) is 4. The molecule has 3 aromatic rings. The fourth-order valence-electron chi connectivity index (χ4n) is 2.72. The normalized spacial score (nSPS) is 16.0. The van der Waals surface area contributed by atoms with Gasteiger partial charge in [-0.3, -0.25) is 4.79 Å². The summed E-state index contributed by atoms with van der Waals surface area (Å²) in [5, 5.41) is 11.2. The highest BCUT2D eigenvalue weighted by molar-refractivity contribution is 8.14. The Morgan fingerprint density at radius 1 is 1.40 bits per heavy atom. The van der Waals surface area contributed by atoms with Crippen molar-refractivity contribution >= 4 is 39.6 Å². The topological polar surface area (TPSA) is 81.6 Å². The number of anilines is 1. The molecule has 3 heterocycles. The molecule has 126 valence electrons. The van der Waals surface area contributed by atoms with Gasteiger partial charge in [0.15, 0.2) is 5.17 Å². The summed E-state index contributed by atoms with van der Waals surface area (Å²) in [4.78, 5) is 25.6. The molecule has 8 heteroatoms. The molecule has 0 unspecified atom stereocenters. The zero-order chi connectivity index (χ0) is 17.4. The van der Waals surface area contributed by atoms with E-state index in [1.165, 1.54) is 23.9 Å². The van der Waals surface area contributed by atoms with Gasteiger partial charge in [-0.15, -0.1) is 0 Å². The number of aromatic amines is 1. The molecule has 0 saturated carbocycles. The number of rotatable bonds is 2. The maximum absolute atomic E-state index is 13.2. The number of nitrogens with one attached hydrogen (secondary N) is 1. The first-order chi connectivity index (χ1) is 12.1. The van der Waals surface area contributed by atoms with Crippen molar-refractivity contribution in [2.45, 2.75) is 0 Å². The van der Waals surface area contributed by atoms with Crippen LogP contribution in [0.4, 0.5) is 10.1 Å². The van der Waals surface area contributed by atoms with Gasteiger partial charge in [0.25, 0.3) is 5.91 Å². The summed E-state index contributed by atoms with van der Waals surface area (Å²) < 4.78 is 13.2. The number of halogens is 1. The minimum atomic E-state index is -0.519. The summed E-state index contributed by atoms with van der Waals surface area (Å²) in [5.74, 6) is -0.374. The number of fused-ring (bicyclic) bond motifs is 1. The number of thioether (sulfide) groups is 1. The first kappa shape index (κ1) is 15.6. The van der Waals surface area contributed by atoms with E-state index in [2.05, 4.69) is 15.0 Å². The molecule has 25 heavy (non-hydrogen) atoms. The molecule has 1 fully saturated rings. The number of aliphatic imine (C=N–C) groups is 1. The highest BCUT2D eigenvalue weighted by Gasteiger charge is 2.25. The molecule has 0 aliphatic carbocycles. The Morgan fingerprint density at radius 3 is 3.12 bits per heavy atom. The lowest BCUT2D eigenvalue weighted by molar-refractivity contribution is 0.100. The number of aromatic hydroxyl groups is 1. The van der Waals surface area contributed by atoms with Crippen LogP contribution in [0.2, 0.25) is 0 Å². The van der Waals surface area contributed by atoms with Crippen LogP contribution in [0.15, 0.2) is 47.7 Å². The molecular formula is C17H13FN4O2S. The average molecular weight is 356 g/mol. The summed E-state index contributed by atoms with van der Waals surface area (Å²) in [6.45, 7) is 0.575. The van der Waals surface area contributed by atoms with Crippen LogP contribution in [0.25, 0.3) is 11.0 Å². The fourth-order valence-corrected chi connectivity index (χ4v) is 3.67. The Balaban J connectivity index is 1.69. The number of aromatic nitrogens is 2. The molecule has 0 atom stereocenters. The standard InChI is InChI=1S/C17H13FN4O2S/c18-10-3-4-13(14(23)8-10)22-6-7-25-17(22)21-16(24)12-9-20-15-11(12)2-1-5-19-15/h1-5,8-9,23H,6-7H2,(H,19,20). The average Bonchev–Trinajstić information content (AvgIpc) is 3.21. The van der Waals surface area contributed by atoms with Crippen LogP contribution >= 0.6 is 11.8 Å². The van der Waals surface area contributed by atoms with Crippen LogP contribution in [0.5, 0.6) is 5.75 Å². The number of pyridine rings is 1. The Hall–Kier alpha value is -2.87. The molecular weight excluding hydrogens is 343 g/mol. The van der Waals surface area contributed by atoms with Crippen molar-refractivity contribution in [2.75, 3.05) is 17.2 Å². The van der Waals surface area contributed by atoms with E-state index in [0.717, 1.165) is 11.8 Å². The number of nitrogens with zero attached hydrogens (tertiary/aromatic N) is 3. The van der Waals surface area contributed by atoms with Gasteiger partial charge in [0.1, 0.15) is 17.2 Å². The van der Waals surface area contributed by atoms with Gasteiger partial charge in [-0.2, -0.15) is 4.99 Å². The summed E-state index contributed by atoms with van der Waals surface area (Å²) in [6.07, 6.45) is 3.23. The zero-order valence-electron chi connectivity index (χ0n) is 12.9. The second kappa shape index (κ2) is 6.21. The van der Waals surface area contributed by atoms with E-state index in [4.69, 9.17) is 0 Å². The van der Waals surface area contributed by atoms with Gasteiger partial charge in [-0.25, -0.2) is 9.37 Å². The molecule has 1 aliphatic heterocycles. The highest BCUT2D eigenvalue weighted by Crippen LogP contribution is 2.33. The van der Waals surface area contributed by atoms with E-state index in [-0.39, 0.29) is 5.75 Å². The van der Waals surface area contributed by atoms with Crippen molar-refractivity contribution in [1.82, 2.24) is 9.97 Å². The molecule has 2 N–H and O–H groups in total. The lowest BCUT2D eigenvalue weighted by Gasteiger charge is -2.18. The monoisotopic (exact) mass is 356 g/mol. The van der Waals surface area contributed by atoms with Crippen molar-refractivity contribution < 1.29 is 14.3 Å². The van der Waals surface area contributed by atoms with Crippen molar-refractivity contribution in [3.63, 3.8) is 0 Å². The number of carbonyl (C=O) groups excluding carboxylic acids is 1. The van der Waals surface area contributed by atoms with Gasteiger partial charge in [0.2, 0.25) is 0 Å². The van der Waals surface area contributed by atoms with Gasteiger partial charge >= 0.3 is 0 Å². The summed E-state index contributed by atoms with van der Waals surface area (Å²) in [5.41, 5.74) is 1.49. The van der Waals surface area contributed by atoms with Gasteiger partial charge in [-0.1, -0.05) is 11.8 Å². The van der Waals surface area contributed by atoms with E-state index < -0.39 is 11.7 Å². The van der Waals surface area contributed by atoms with Crippen LogP contribution in [0, 0.1) is 5.82 Å². The van der Waals surface area contributed by atoms with Crippen molar-refractivity contribution in [2.24, 2.45) is 4.99 Å². The molecule has 4 rings (SSSR count). The van der Waals surface area contributed by atoms with Crippen LogP contribution in [0.1, 0.15) is 10.4 Å². The molecule has 1 aromatic carbocycles. The Labute approximate surface area is 146 Å². The predicted molar refractivity (Wildman–Crippen MR) is 95.7 cm³/mol. The number of amidine groups is 1. The van der Waals surface area contributed by atoms with Crippen molar-refractivity contribution in [1.29, 1.82) is 0 Å². The van der Waals surface area contributed by atoms with E-state index in [9.17, 15) is 14.3 Å². The van der Waals surface area contributed by atoms with Gasteiger partial charge < -0.3 is 15.0 Å². The van der Waals surface area contributed by atoms with Gasteiger partial charge in [0, 0.05) is 36.1 Å². The van der Waals surface area contributed by atoms with E-state index in [0.29, 0.717) is 34.0 Å².